The summed E-state index contributed by atoms with van der Waals surface area (Å²) < 4.78 is 11.4. The zero-order valence-electron chi connectivity index (χ0n) is 12.7. The second-order valence-electron chi connectivity index (χ2n) is 5.46. The van der Waals surface area contributed by atoms with Crippen molar-refractivity contribution in [3.63, 3.8) is 0 Å². The molecule has 3 N–H and O–H groups in total. The number of ether oxygens (including phenoxy) is 2. The minimum atomic E-state index is 0.0523. The topological polar surface area (TPSA) is 77.1 Å². The molecule has 0 amide bonds. The third-order valence-corrected chi connectivity index (χ3v) is 4.21. The Hall–Kier alpha value is -1.91. The summed E-state index contributed by atoms with van der Waals surface area (Å²) in [6.07, 6.45) is 5.98. The van der Waals surface area contributed by atoms with Crippen molar-refractivity contribution < 1.29 is 14.7 Å². The second kappa shape index (κ2) is 7.20. The molecule has 0 heterocycles. The van der Waals surface area contributed by atoms with E-state index in [1.54, 1.807) is 25.3 Å². The monoisotopic (exact) mass is 292 g/mol. The van der Waals surface area contributed by atoms with E-state index in [1.807, 2.05) is 0 Å². The van der Waals surface area contributed by atoms with Crippen LogP contribution in [0.15, 0.2) is 23.4 Å². The maximum Gasteiger partial charge on any atom is 0.173 e. The first-order valence-electron chi connectivity index (χ1n) is 7.52. The van der Waals surface area contributed by atoms with E-state index in [9.17, 15) is 0 Å². The Kier molecular flexibility index (Phi) is 5.31. The predicted molar refractivity (Wildman–Crippen MR) is 82.2 cm³/mol. The number of nitrogens with two attached hydrogens (primary N) is 1. The molecule has 1 aromatic carbocycles. The molecular weight excluding hydrogens is 268 g/mol. The van der Waals surface area contributed by atoms with Gasteiger partial charge in [-0.3, -0.25) is 0 Å². The summed E-state index contributed by atoms with van der Waals surface area (Å²) in [6, 6.07) is 5.33. The molecule has 1 aliphatic rings. The van der Waals surface area contributed by atoms with Crippen molar-refractivity contribution in [2.45, 2.75) is 45.1 Å². The molecule has 5 heteroatoms. The van der Waals surface area contributed by atoms with Crippen molar-refractivity contribution >= 4 is 5.84 Å². The third-order valence-electron chi connectivity index (χ3n) is 4.21. The Balaban J connectivity index is 2.27. The first-order valence-corrected chi connectivity index (χ1v) is 7.52. The van der Waals surface area contributed by atoms with E-state index < -0.39 is 0 Å². The van der Waals surface area contributed by atoms with Crippen LogP contribution in [-0.2, 0) is 0 Å². The van der Waals surface area contributed by atoms with Gasteiger partial charge in [0.05, 0.1) is 12.7 Å². The summed E-state index contributed by atoms with van der Waals surface area (Å²) in [5.74, 6) is 1.93. The largest absolute Gasteiger partial charge is 0.497 e. The number of rotatable bonds is 5. The summed E-state index contributed by atoms with van der Waals surface area (Å²) in [4.78, 5) is 0. The van der Waals surface area contributed by atoms with Gasteiger partial charge in [0.15, 0.2) is 5.84 Å². The van der Waals surface area contributed by atoms with E-state index in [0.29, 0.717) is 23.0 Å². The molecule has 0 radical (unpaired) electrons. The van der Waals surface area contributed by atoms with Crippen molar-refractivity contribution in [1.82, 2.24) is 0 Å². The van der Waals surface area contributed by atoms with Gasteiger partial charge in [-0.25, -0.2) is 0 Å². The highest BCUT2D eigenvalue weighted by Crippen LogP contribution is 2.33. The van der Waals surface area contributed by atoms with Crippen LogP contribution in [0.2, 0.25) is 0 Å². The van der Waals surface area contributed by atoms with Crippen molar-refractivity contribution in [2.24, 2.45) is 16.8 Å². The van der Waals surface area contributed by atoms with Crippen molar-refractivity contribution in [2.75, 3.05) is 7.11 Å². The molecule has 1 aliphatic carbocycles. The fourth-order valence-electron chi connectivity index (χ4n) is 2.95. The molecule has 0 saturated heterocycles. The highest BCUT2D eigenvalue weighted by Gasteiger charge is 2.26. The average molecular weight is 292 g/mol. The van der Waals surface area contributed by atoms with Crippen LogP contribution in [0.4, 0.5) is 0 Å². The predicted octanol–water partition coefficient (Wildman–Crippen LogP) is 3.14. The Bertz CT molecular complexity index is 502. The van der Waals surface area contributed by atoms with Crippen LogP contribution in [0.25, 0.3) is 0 Å². The van der Waals surface area contributed by atoms with E-state index in [1.165, 1.54) is 19.3 Å². The highest BCUT2D eigenvalue weighted by molar-refractivity contribution is 5.99. The van der Waals surface area contributed by atoms with Gasteiger partial charge in [0, 0.05) is 6.07 Å². The molecule has 0 bridgehead atoms. The van der Waals surface area contributed by atoms with Crippen molar-refractivity contribution in [3.05, 3.63) is 23.8 Å². The number of methoxy groups -OCH3 is 1. The van der Waals surface area contributed by atoms with E-state index in [0.717, 1.165) is 12.8 Å². The first-order chi connectivity index (χ1) is 10.2. The molecule has 1 aromatic rings. The third kappa shape index (κ3) is 3.60. The lowest BCUT2D eigenvalue weighted by Crippen LogP contribution is -2.30. The van der Waals surface area contributed by atoms with E-state index in [4.69, 9.17) is 20.4 Å². The van der Waals surface area contributed by atoms with E-state index >= 15 is 0 Å². The molecule has 2 atom stereocenters. The summed E-state index contributed by atoms with van der Waals surface area (Å²) >= 11 is 0. The molecule has 2 rings (SSSR count). The zero-order chi connectivity index (χ0) is 15.2. The van der Waals surface area contributed by atoms with Crippen LogP contribution in [0.1, 0.15) is 44.6 Å². The normalized spacial score (nSPS) is 22.9. The van der Waals surface area contributed by atoms with Gasteiger partial charge in [-0.05, 0) is 43.7 Å². The van der Waals surface area contributed by atoms with Gasteiger partial charge in [-0.15, -0.1) is 0 Å². The van der Waals surface area contributed by atoms with Crippen molar-refractivity contribution in [1.29, 1.82) is 0 Å². The lowest BCUT2D eigenvalue weighted by Gasteiger charge is -2.31. The van der Waals surface area contributed by atoms with Gasteiger partial charge in [0.1, 0.15) is 17.6 Å². The molecule has 1 fully saturated rings. The number of nitrogens with zero attached hydrogens (tertiary/aromatic N) is 1. The van der Waals surface area contributed by atoms with Gasteiger partial charge in [0.2, 0.25) is 0 Å². The quantitative estimate of drug-likeness (QED) is 0.378. The SMILES string of the molecule is CCC1CCCCC1Oc1cc(OC)ccc1/C(N)=N/O. The minimum absolute atomic E-state index is 0.0523. The molecule has 0 spiro atoms. The summed E-state index contributed by atoms with van der Waals surface area (Å²) in [5.41, 5.74) is 6.33. The lowest BCUT2D eigenvalue weighted by molar-refractivity contribution is 0.0899. The first kappa shape index (κ1) is 15.5. The number of oxime groups is 1. The minimum Gasteiger partial charge on any atom is -0.497 e. The maximum atomic E-state index is 8.92. The fourth-order valence-corrected chi connectivity index (χ4v) is 2.95. The Morgan fingerprint density at radius 1 is 1.38 bits per heavy atom. The van der Waals surface area contributed by atoms with Gasteiger partial charge in [-0.2, -0.15) is 0 Å². The van der Waals surface area contributed by atoms with E-state index in [-0.39, 0.29) is 11.9 Å². The van der Waals surface area contributed by atoms with Gasteiger partial charge in [0.25, 0.3) is 0 Å². The van der Waals surface area contributed by atoms with Gasteiger partial charge in [-0.1, -0.05) is 18.5 Å². The Labute approximate surface area is 125 Å². The number of amidine groups is 1. The molecule has 2 unspecified atom stereocenters. The summed E-state index contributed by atoms with van der Waals surface area (Å²) in [6.45, 7) is 2.20. The molecule has 5 nitrogen and oxygen atoms in total. The molecule has 21 heavy (non-hydrogen) atoms. The maximum absolute atomic E-state index is 8.92. The number of hydrogen-bond acceptors (Lipinski definition) is 4. The molecule has 1 saturated carbocycles. The van der Waals surface area contributed by atoms with Crippen LogP contribution in [0.3, 0.4) is 0 Å². The Morgan fingerprint density at radius 2 is 2.14 bits per heavy atom. The standard InChI is InChI=1S/C16H24N2O3/c1-3-11-6-4-5-7-14(11)21-15-10-12(20-2)8-9-13(15)16(17)18-19/h8-11,14,19H,3-7H2,1-2H3,(H2,17,18). The lowest BCUT2D eigenvalue weighted by atomic mass is 9.84. The van der Waals surface area contributed by atoms with Gasteiger partial charge < -0.3 is 20.4 Å². The smallest absolute Gasteiger partial charge is 0.173 e. The zero-order valence-corrected chi connectivity index (χ0v) is 12.7. The molecular formula is C16H24N2O3. The fraction of sp³-hybridized carbons (Fsp3) is 0.562. The summed E-state index contributed by atoms with van der Waals surface area (Å²) in [5, 5.41) is 12.0. The summed E-state index contributed by atoms with van der Waals surface area (Å²) in [7, 11) is 1.61. The van der Waals surface area contributed by atoms with Crippen LogP contribution >= 0.6 is 0 Å². The molecule has 0 aliphatic heterocycles. The van der Waals surface area contributed by atoms with Crippen LogP contribution in [-0.4, -0.2) is 24.3 Å². The van der Waals surface area contributed by atoms with Gasteiger partial charge >= 0.3 is 0 Å². The van der Waals surface area contributed by atoms with Crippen LogP contribution in [0.5, 0.6) is 11.5 Å². The average Bonchev–Trinajstić information content (AvgIpc) is 2.54. The highest BCUT2D eigenvalue weighted by atomic mass is 16.5. The molecule has 116 valence electrons. The second-order valence-corrected chi connectivity index (χ2v) is 5.46. The Morgan fingerprint density at radius 3 is 2.81 bits per heavy atom. The van der Waals surface area contributed by atoms with Crippen LogP contribution in [0, 0.1) is 5.92 Å². The van der Waals surface area contributed by atoms with Crippen LogP contribution < -0.4 is 15.2 Å². The molecule has 0 aromatic heterocycles. The van der Waals surface area contributed by atoms with E-state index in [2.05, 4.69) is 12.1 Å². The number of benzene rings is 1. The number of hydrogen-bond donors (Lipinski definition) is 2. The van der Waals surface area contributed by atoms with Crippen molar-refractivity contribution in [3.8, 4) is 11.5 Å².